The van der Waals surface area contributed by atoms with E-state index in [4.69, 9.17) is 16.3 Å². The highest BCUT2D eigenvalue weighted by Gasteiger charge is 2.25. The van der Waals surface area contributed by atoms with E-state index in [0.717, 1.165) is 6.26 Å². The average Bonchev–Trinajstić information content (AvgIpc) is 2.25. The first-order chi connectivity index (χ1) is 7.77. The Bertz CT molecular complexity index is 536. The van der Waals surface area contributed by atoms with Gasteiger partial charge in [0, 0.05) is 11.8 Å². The molecule has 1 aromatic rings. The van der Waals surface area contributed by atoms with Crippen molar-refractivity contribution in [3.05, 3.63) is 28.8 Å². The second-order valence-corrected chi connectivity index (χ2v) is 6.46. The fourth-order valence-corrected chi connectivity index (χ4v) is 2.03. The van der Waals surface area contributed by atoms with Gasteiger partial charge in [-0.15, -0.1) is 0 Å². The molecule has 0 spiro atoms. The molecule has 0 radical (unpaired) electrons. The maximum Gasteiger partial charge on any atom is 0.180 e. The summed E-state index contributed by atoms with van der Waals surface area (Å²) in [6, 6.07) is 4.43. The van der Waals surface area contributed by atoms with Gasteiger partial charge >= 0.3 is 0 Å². The van der Waals surface area contributed by atoms with Crippen LogP contribution in [0.1, 0.15) is 17.3 Å². The summed E-state index contributed by atoms with van der Waals surface area (Å²) in [4.78, 5) is 11.9. The van der Waals surface area contributed by atoms with Crippen LogP contribution < -0.4 is 4.74 Å². The zero-order chi connectivity index (χ0) is 13.2. The van der Waals surface area contributed by atoms with Gasteiger partial charge in [0.25, 0.3) is 0 Å². The number of ether oxygens (including phenoxy) is 1. The minimum Gasteiger partial charge on any atom is -0.495 e. The first kappa shape index (κ1) is 14.0. The molecule has 0 amide bonds. The molecule has 94 valence electrons. The Balaban J connectivity index is 3.10. The molecule has 0 aliphatic rings. The summed E-state index contributed by atoms with van der Waals surface area (Å²) in [7, 11) is -1.94. The van der Waals surface area contributed by atoms with Crippen LogP contribution in [0.25, 0.3) is 0 Å². The smallest absolute Gasteiger partial charge is 0.180 e. The van der Waals surface area contributed by atoms with Gasteiger partial charge in [0.05, 0.1) is 12.1 Å². The Labute approximate surface area is 105 Å². The highest BCUT2D eigenvalue weighted by atomic mass is 35.5. The number of ketones is 1. The van der Waals surface area contributed by atoms with Crippen LogP contribution in [0, 0.1) is 0 Å². The number of benzene rings is 1. The molecule has 0 fully saturated rings. The molecule has 6 heteroatoms. The topological polar surface area (TPSA) is 60.4 Å². The lowest BCUT2D eigenvalue weighted by molar-refractivity contribution is 0.0991. The molecule has 0 aromatic heterocycles. The number of rotatable bonds is 4. The Morgan fingerprint density at radius 2 is 2.00 bits per heavy atom. The van der Waals surface area contributed by atoms with E-state index >= 15 is 0 Å². The van der Waals surface area contributed by atoms with E-state index in [-0.39, 0.29) is 10.6 Å². The summed E-state index contributed by atoms with van der Waals surface area (Å²) in [6.45, 7) is 1.36. The van der Waals surface area contributed by atoms with E-state index in [2.05, 4.69) is 0 Å². The number of hydrogen-bond donors (Lipinski definition) is 0. The van der Waals surface area contributed by atoms with Gasteiger partial charge < -0.3 is 4.74 Å². The maximum absolute atomic E-state index is 11.9. The van der Waals surface area contributed by atoms with Crippen molar-refractivity contribution in [2.75, 3.05) is 13.4 Å². The number of Topliss-reactive ketones (excluding diaryl/α,β-unsaturated/α-hetero) is 1. The number of hydrogen-bond acceptors (Lipinski definition) is 4. The fraction of sp³-hybridized carbons (Fsp3) is 0.364. The molecule has 17 heavy (non-hydrogen) atoms. The highest BCUT2D eigenvalue weighted by Crippen LogP contribution is 2.25. The summed E-state index contributed by atoms with van der Waals surface area (Å²) in [6.07, 6.45) is 1.03. The molecule has 1 rings (SSSR count). The van der Waals surface area contributed by atoms with Crippen molar-refractivity contribution in [1.82, 2.24) is 0 Å². The lowest BCUT2D eigenvalue weighted by Gasteiger charge is -2.09. The van der Waals surface area contributed by atoms with E-state index in [1.54, 1.807) is 0 Å². The van der Waals surface area contributed by atoms with E-state index in [9.17, 15) is 13.2 Å². The molecule has 4 nitrogen and oxygen atoms in total. The maximum atomic E-state index is 11.9. The Morgan fingerprint density at radius 1 is 1.41 bits per heavy atom. The van der Waals surface area contributed by atoms with Crippen LogP contribution >= 0.6 is 11.6 Å². The van der Waals surface area contributed by atoms with Gasteiger partial charge in [0.1, 0.15) is 11.0 Å². The van der Waals surface area contributed by atoms with Crippen LogP contribution in [-0.4, -0.2) is 32.8 Å². The van der Waals surface area contributed by atoms with Crippen molar-refractivity contribution < 1.29 is 17.9 Å². The summed E-state index contributed by atoms with van der Waals surface area (Å²) in [5.74, 6) is -0.0349. The fourth-order valence-electron chi connectivity index (χ4n) is 1.25. The zero-order valence-electron chi connectivity index (χ0n) is 9.73. The molecule has 0 saturated heterocycles. The first-order valence-electron chi connectivity index (χ1n) is 4.84. The standard InChI is InChI=1S/C11H13ClO4S/c1-7(17(3,14)15)11(13)8-4-5-10(16-2)9(12)6-8/h4-7H,1-3H3. The molecule has 0 aliphatic heterocycles. The average molecular weight is 277 g/mol. The summed E-state index contributed by atoms with van der Waals surface area (Å²) < 4.78 is 27.5. The number of methoxy groups -OCH3 is 1. The predicted molar refractivity (Wildman–Crippen MR) is 66.6 cm³/mol. The SMILES string of the molecule is COc1ccc(C(=O)C(C)S(C)(=O)=O)cc1Cl. The summed E-state index contributed by atoms with van der Waals surface area (Å²) in [5, 5.41) is -0.800. The van der Waals surface area contributed by atoms with Crippen LogP contribution in [0.5, 0.6) is 5.75 Å². The van der Waals surface area contributed by atoms with Crippen molar-refractivity contribution in [3.63, 3.8) is 0 Å². The lowest BCUT2D eigenvalue weighted by Crippen LogP contribution is -2.26. The highest BCUT2D eigenvalue weighted by molar-refractivity contribution is 7.92. The number of halogens is 1. The van der Waals surface area contributed by atoms with Gasteiger partial charge in [-0.2, -0.15) is 0 Å². The number of carbonyl (C=O) groups is 1. The molecular formula is C11H13ClO4S. The van der Waals surface area contributed by atoms with Crippen LogP contribution in [-0.2, 0) is 9.84 Å². The van der Waals surface area contributed by atoms with Crippen LogP contribution in [0.4, 0.5) is 0 Å². The largest absolute Gasteiger partial charge is 0.495 e. The molecule has 0 N–H and O–H groups in total. The summed E-state index contributed by atoms with van der Waals surface area (Å²) in [5.41, 5.74) is 0.258. The van der Waals surface area contributed by atoms with Gasteiger partial charge in [-0.3, -0.25) is 4.79 Å². The third-order valence-electron chi connectivity index (χ3n) is 2.45. The predicted octanol–water partition coefficient (Wildman–Crippen LogP) is 1.96. The molecule has 0 heterocycles. The molecule has 1 aromatic carbocycles. The minimum absolute atomic E-state index is 0.258. The normalized spacial score (nSPS) is 13.2. The third-order valence-corrected chi connectivity index (χ3v) is 4.24. The van der Waals surface area contributed by atoms with Crippen LogP contribution in [0.15, 0.2) is 18.2 Å². The van der Waals surface area contributed by atoms with E-state index < -0.39 is 20.9 Å². The number of carbonyl (C=O) groups excluding carboxylic acids is 1. The van der Waals surface area contributed by atoms with Crippen molar-refractivity contribution in [3.8, 4) is 5.75 Å². The monoisotopic (exact) mass is 276 g/mol. The van der Waals surface area contributed by atoms with Crippen molar-refractivity contribution >= 4 is 27.2 Å². The second kappa shape index (κ2) is 5.06. The van der Waals surface area contributed by atoms with Gasteiger partial charge in [0.2, 0.25) is 0 Å². The Morgan fingerprint density at radius 3 is 2.41 bits per heavy atom. The number of sulfone groups is 1. The Hall–Kier alpha value is -1.07. The van der Waals surface area contributed by atoms with Gasteiger partial charge in [-0.05, 0) is 25.1 Å². The van der Waals surface area contributed by atoms with E-state index in [1.807, 2.05) is 0 Å². The molecule has 0 saturated carbocycles. The van der Waals surface area contributed by atoms with E-state index in [1.165, 1.54) is 32.2 Å². The first-order valence-corrected chi connectivity index (χ1v) is 7.17. The lowest BCUT2D eigenvalue weighted by atomic mass is 10.1. The van der Waals surface area contributed by atoms with Gasteiger partial charge in [0.15, 0.2) is 15.6 Å². The minimum atomic E-state index is -3.40. The van der Waals surface area contributed by atoms with Crippen LogP contribution in [0.2, 0.25) is 5.02 Å². The van der Waals surface area contributed by atoms with Crippen molar-refractivity contribution in [2.45, 2.75) is 12.2 Å². The molecule has 1 unspecified atom stereocenters. The van der Waals surface area contributed by atoms with Gasteiger partial charge in [-0.25, -0.2) is 8.42 Å². The molecule has 1 atom stereocenters. The van der Waals surface area contributed by atoms with Crippen LogP contribution in [0.3, 0.4) is 0 Å². The van der Waals surface area contributed by atoms with Gasteiger partial charge in [-0.1, -0.05) is 11.6 Å². The molecular weight excluding hydrogens is 264 g/mol. The Kier molecular flexibility index (Phi) is 4.16. The third kappa shape index (κ3) is 3.20. The zero-order valence-corrected chi connectivity index (χ0v) is 11.3. The van der Waals surface area contributed by atoms with Crippen molar-refractivity contribution in [2.24, 2.45) is 0 Å². The quantitative estimate of drug-likeness (QED) is 0.789. The van der Waals surface area contributed by atoms with Crippen molar-refractivity contribution in [1.29, 1.82) is 0 Å². The second-order valence-electron chi connectivity index (χ2n) is 3.69. The molecule has 0 aliphatic carbocycles. The summed E-state index contributed by atoms with van der Waals surface area (Å²) >= 11 is 5.87. The molecule has 0 bridgehead atoms. The van der Waals surface area contributed by atoms with E-state index in [0.29, 0.717) is 5.75 Å².